The number of hydrazone groups is 1. The van der Waals surface area contributed by atoms with Crippen molar-refractivity contribution >= 4 is 27.5 Å². The molecule has 2 N–H and O–H groups in total. The first-order valence-corrected chi connectivity index (χ1v) is 9.33. The number of halogens is 1. The molecule has 2 heterocycles. The van der Waals surface area contributed by atoms with Crippen LogP contribution in [0.15, 0.2) is 64.4 Å². The molecule has 1 aliphatic heterocycles. The number of hydrogen-bond acceptors (Lipinski definition) is 8. The normalized spacial score (nSPS) is 13.2. The summed E-state index contributed by atoms with van der Waals surface area (Å²) >= 11 is 3.60. The van der Waals surface area contributed by atoms with Gasteiger partial charge >= 0.3 is 0 Å². The Bertz CT molecular complexity index is 1060. The molecule has 0 saturated heterocycles. The third-order valence-corrected chi connectivity index (χ3v) is 5.12. The molecule has 2 aromatic carbocycles. The van der Waals surface area contributed by atoms with Crippen molar-refractivity contribution in [2.24, 2.45) is 5.10 Å². The number of amidine groups is 1. The molecule has 3 aromatic rings. The van der Waals surface area contributed by atoms with E-state index in [0.717, 1.165) is 27.2 Å². The molecule has 0 amide bonds. The zero-order chi connectivity index (χ0) is 20.4. The Morgan fingerprint density at radius 1 is 1.17 bits per heavy atom. The molecule has 10 nitrogen and oxygen atoms in total. The molecule has 1 aromatic heterocycles. The first-order valence-electron chi connectivity index (χ1n) is 8.54. The molecule has 0 unspecified atom stereocenters. The molecule has 0 atom stereocenters. The maximum atomic E-state index is 10.8. The highest BCUT2D eigenvalue weighted by atomic mass is 79.9. The highest BCUT2D eigenvalue weighted by Gasteiger charge is 2.24. The Balaban J connectivity index is 1.56. The number of nitrogens with zero attached hydrogens (tertiary/aromatic N) is 5. The van der Waals surface area contributed by atoms with Gasteiger partial charge in [0.2, 0.25) is 0 Å². The van der Waals surface area contributed by atoms with E-state index >= 15 is 0 Å². The smallest absolute Gasteiger partial charge is 0.269 e. The lowest BCUT2D eigenvalue weighted by atomic mass is 10.2. The topological polar surface area (TPSA) is 110 Å². The summed E-state index contributed by atoms with van der Waals surface area (Å²) in [6, 6.07) is 13.9. The van der Waals surface area contributed by atoms with Gasteiger partial charge in [0.15, 0.2) is 5.84 Å². The lowest BCUT2D eigenvalue weighted by molar-refractivity contribution is -0.384. The highest BCUT2D eigenvalue weighted by Crippen LogP contribution is 2.25. The molecular formula is C18H16BrN7O3. The van der Waals surface area contributed by atoms with Crippen LogP contribution in [-0.4, -0.2) is 32.7 Å². The largest absolute Gasteiger partial charge is 0.497 e. The maximum absolute atomic E-state index is 10.8. The zero-order valence-electron chi connectivity index (χ0n) is 15.2. The van der Waals surface area contributed by atoms with Gasteiger partial charge < -0.3 is 4.74 Å². The van der Waals surface area contributed by atoms with Crippen molar-refractivity contribution in [3.8, 4) is 11.4 Å². The van der Waals surface area contributed by atoms with Crippen LogP contribution in [-0.2, 0) is 6.54 Å². The number of rotatable bonds is 6. The number of non-ortho nitro benzene ring substituents is 1. The Morgan fingerprint density at radius 3 is 2.55 bits per heavy atom. The first kappa shape index (κ1) is 18.9. The number of nitrogens with one attached hydrogen (secondary N) is 2. The van der Waals surface area contributed by atoms with Crippen LogP contribution in [0.5, 0.6) is 5.75 Å². The molecule has 148 valence electrons. The number of nitro groups is 1. The Kier molecular flexibility index (Phi) is 5.14. The molecule has 0 fully saturated rings. The van der Waals surface area contributed by atoms with Crippen LogP contribution in [0.25, 0.3) is 5.69 Å². The van der Waals surface area contributed by atoms with Crippen LogP contribution in [0.4, 0.5) is 5.69 Å². The number of aromatic nitrogens is 2. The van der Waals surface area contributed by atoms with Crippen LogP contribution < -0.4 is 15.8 Å². The summed E-state index contributed by atoms with van der Waals surface area (Å²) in [5, 5.41) is 21.4. The Hall–Kier alpha value is -3.44. The van der Waals surface area contributed by atoms with Crippen LogP contribution in [0, 0.1) is 10.1 Å². The van der Waals surface area contributed by atoms with E-state index in [2.05, 4.69) is 37.2 Å². The minimum absolute atomic E-state index is 0.0543. The molecule has 11 heteroatoms. The first-order chi connectivity index (χ1) is 14.1. The third kappa shape index (κ3) is 3.77. The second-order valence-electron chi connectivity index (χ2n) is 6.13. The number of methoxy groups -OCH3 is 1. The van der Waals surface area contributed by atoms with Gasteiger partial charge in [-0.3, -0.25) is 15.1 Å². The minimum atomic E-state index is -0.420. The van der Waals surface area contributed by atoms with Gasteiger partial charge in [-0.15, -0.1) is 10.6 Å². The summed E-state index contributed by atoms with van der Waals surface area (Å²) in [5.41, 5.74) is 8.28. The molecule has 4 rings (SSSR count). The van der Waals surface area contributed by atoms with Crippen molar-refractivity contribution in [3.63, 3.8) is 0 Å². The van der Waals surface area contributed by atoms with Gasteiger partial charge in [0, 0.05) is 12.1 Å². The number of nitro benzene ring substituents is 1. The SMILES string of the molecule is COc1ccc(-n2ncc(C3=NNNN3Cc3ccc([N+](=O)[O-])cc3)c2Br)cc1. The van der Waals surface area contributed by atoms with E-state index < -0.39 is 4.92 Å². The van der Waals surface area contributed by atoms with E-state index in [4.69, 9.17) is 4.74 Å². The quantitative estimate of drug-likeness (QED) is 0.432. The summed E-state index contributed by atoms with van der Waals surface area (Å²) < 4.78 is 7.68. The molecular weight excluding hydrogens is 442 g/mol. The number of ether oxygens (including phenoxy) is 1. The predicted molar refractivity (Wildman–Crippen MR) is 109 cm³/mol. The van der Waals surface area contributed by atoms with Gasteiger partial charge in [0.1, 0.15) is 10.4 Å². The van der Waals surface area contributed by atoms with Crippen LogP contribution in [0.2, 0.25) is 0 Å². The molecule has 29 heavy (non-hydrogen) atoms. The van der Waals surface area contributed by atoms with E-state index in [-0.39, 0.29) is 5.69 Å². The van der Waals surface area contributed by atoms with Gasteiger partial charge in [-0.1, -0.05) is 12.1 Å². The van der Waals surface area contributed by atoms with Gasteiger partial charge in [-0.2, -0.15) is 5.10 Å². The fourth-order valence-electron chi connectivity index (χ4n) is 2.86. The van der Waals surface area contributed by atoms with E-state index in [1.54, 1.807) is 35.1 Å². The minimum Gasteiger partial charge on any atom is -0.497 e. The second-order valence-corrected chi connectivity index (χ2v) is 6.88. The highest BCUT2D eigenvalue weighted by molar-refractivity contribution is 9.10. The summed E-state index contributed by atoms with van der Waals surface area (Å²) in [4.78, 5) is 10.4. The van der Waals surface area contributed by atoms with E-state index in [0.29, 0.717) is 12.4 Å². The predicted octanol–water partition coefficient (Wildman–Crippen LogP) is 2.74. The Labute approximate surface area is 174 Å². The fraction of sp³-hybridized carbons (Fsp3) is 0.111. The van der Waals surface area contributed by atoms with Crippen molar-refractivity contribution in [1.82, 2.24) is 25.9 Å². The maximum Gasteiger partial charge on any atom is 0.269 e. The number of benzene rings is 2. The second kappa shape index (κ2) is 7.89. The molecule has 1 aliphatic rings. The van der Waals surface area contributed by atoms with Gasteiger partial charge in [-0.25, -0.2) is 10.2 Å². The average molecular weight is 458 g/mol. The monoisotopic (exact) mass is 457 g/mol. The molecule has 0 bridgehead atoms. The molecule has 0 radical (unpaired) electrons. The number of hydrazine groups is 2. The van der Waals surface area contributed by atoms with Crippen molar-refractivity contribution < 1.29 is 9.66 Å². The summed E-state index contributed by atoms with van der Waals surface area (Å²) in [5.74, 6) is 1.40. The lowest BCUT2D eigenvalue weighted by Crippen LogP contribution is -2.40. The molecule has 0 spiro atoms. The van der Waals surface area contributed by atoms with Crippen LogP contribution >= 0.6 is 15.9 Å². The average Bonchev–Trinajstić information content (AvgIpc) is 3.34. The fourth-order valence-corrected chi connectivity index (χ4v) is 3.44. The number of hydrogen-bond donors (Lipinski definition) is 2. The van der Waals surface area contributed by atoms with Crippen LogP contribution in [0.1, 0.15) is 11.1 Å². The van der Waals surface area contributed by atoms with Crippen molar-refractivity contribution in [3.05, 3.63) is 80.6 Å². The third-order valence-electron chi connectivity index (χ3n) is 4.36. The van der Waals surface area contributed by atoms with Gasteiger partial charge in [0.25, 0.3) is 5.69 Å². The summed E-state index contributed by atoms with van der Waals surface area (Å²) in [7, 11) is 1.62. The summed E-state index contributed by atoms with van der Waals surface area (Å²) in [6.45, 7) is 0.448. The zero-order valence-corrected chi connectivity index (χ0v) is 16.8. The lowest BCUT2D eigenvalue weighted by Gasteiger charge is -2.18. The van der Waals surface area contributed by atoms with Crippen LogP contribution in [0.3, 0.4) is 0 Å². The van der Waals surface area contributed by atoms with E-state index in [1.165, 1.54) is 12.1 Å². The standard InChI is InChI=1S/C18H16BrN7O3/c1-29-15-8-6-13(7-9-15)25-17(19)16(10-20-25)18-21-22-23-24(18)11-12-2-4-14(5-3-12)26(27)28/h2-10,22-23H,11H2,1H3. The Morgan fingerprint density at radius 2 is 1.90 bits per heavy atom. The van der Waals surface area contributed by atoms with Gasteiger partial charge in [-0.05, 0) is 45.8 Å². The summed E-state index contributed by atoms with van der Waals surface area (Å²) in [6.07, 6.45) is 1.71. The van der Waals surface area contributed by atoms with Crippen molar-refractivity contribution in [2.45, 2.75) is 6.54 Å². The van der Waals surface area contributed by atoms with Gasteiger partial charge in [0.05, 0.1) is 36.0 Å². The molecule has 0 aliphatic carbocycles. The molecule has 0 saturated carbocycles. The van der Waals surface area contributed by atoms with Crippen molar-refractivity contribution in [2.75, 3.05) is 7.11 Å². The van der Waals surface area contributed by atoms with Crippen molar-refractivity contribution in [1.29, 1.82) is 0 Å². The van der Waals surface area contributed by atoms with E-state index in [1.807, 2.05) is 24.3 Å². The van der Waals surface area contributed by atoms with E-state index in [9.17, 15) is 10.1 Å².